The minimum Gasteiger partial charge on any atom is -0.309 e. The van der Waals surface area contributed by atoms with Crippen LogP contribution in [0.2, 0.25) is 5.02 Å². The van der Waals surface area contributed by atoms with E-state index in [-0.39, 0.29) is 11.1 Å². The summed E-state index contributed by atoms with van der Waals surface area (Å²) in [6.45, 7) is 1.54. The van der Waals surface area contributed by atoms with Crippen LogP contribution in [0.4, 0.5) is 8.78 Å². The zero-order valence-electron chi connectivity index (χ0n) is 11.0. The summed E-state index contributed by atoms with van der Waals surface area (Å²) in [6, 6.07) is 7.93. The van der Waals surface area contributed by atoms with Gasteiger partial charge in [-0.25, -0.2) is 8.78 Å². The van der Waals surface area contributed by atoms with Gasteiger partial charge in [0.05, 0.1) is 6.04 Å². The first-order valence-corrected chi connectivity index (χ1v) is 7.19. The minimum absolute atomic E-state index is 0.263. The van der Waals surface area contributed by atoms with Crippen molar-refractivity contribution in [1.29, 1.82) is 0 Å². The number of hydrogen-bond acceptors (Lipinski definition) is 1. The molecule has 2 aromatic rings. The molecule has 0 saturated heterocycles. The predicted molar refractivity (Wildman–Crippen MR) is 81.1 cm³/mol. The summed E-state index contributed by atoms with van der Waals surface area (Å²) in [5, 5.41) is 3.58. The molecule has 1 unspecified atom stereocenters. The summed E-state index contributed by atoms with van der Waals surface area (Å²) in [5.41, 5.74) is 1.34. The van der Waals surface area contributed by atoms with Gasteiger partial charge in [0.2, 0.25) is 0 Å². The van der Waals surface area contributed by atoms with Gasteiger partial charge < -0.3 is 5.32 Å². The fourth-order valence-electron chi connectivity index (χ4n) is 2.10. The summed E-state index contributed by atoms with van der Waals surface area (Å²) in [7, 11) is 1.70. The van der Waals surface area contributed by atoms with Crippen LogP contribution in [-0.2, 0) is 0 Å². The molecule has 0 spiro atoms. The molecule has 1 N–H and O–H groups in total. The Morgan fingerprint density at radius 2 is 1.75 bits per heavy atom. The summed E-state index contributed by atoms with van der Waals surface area (Å²) >= 11 is 9.31. The van der Waals surface area contributed by atoms with Gasteiger partial charge in [0.15, 0.2) is 11.6 Å². The Morgan fingerprint density at radius 1 is 1.10 bits per heavy atom. The fraction of sp³-hybridized carbons (Fsp3) is 0.200. The van der Waals surface area contributed by atoms with Crippen LogP contribution in [0.25, 0.3) is 0 Å². The van der Waals surface area contributed by atoms with Crippen LogP contribution in [0, 0.1) is 18.6 Å². The van der Waals surface area contributed by atoms with Crippen molar-refractivity contribution in [2.45, 2.75) is 13.0 Å². The molecule has 0 bridgehead atoms. The molecule has 0 saturated carbocycles. The van der Waals surface area contributed by atoms with Gasteiger partial charge in [0, 0.05) is 15.1 Å². The number of aryl methyl sites for hydroxylation is 1. The maximum atomic E-state index is 14.1. The lowest BCUT2D eigenvalue weighted by Gasteiger charge is -2.20. The van der Waals surface area contributed by atoms with E-state index < -0.39 is 17.7 Å². The highest BCUT2D eigenvalue weighted by Crippen LogP contribution is 2.32. The van der Waals surface area contributed by atoms with Crippen LogP contribution in [-0.4, -0.2) is 7.05 Å². The molecule has 2 aromatic carbocycles. The van der Waals surface area contributed by atoms with Gasteiger partial charge in [-0.15, -0.1) is 0 Å². The Balaban J connectivity index is 2.55. The van der Waals surface area contributed by atoms with Crippen LogP contribution in [0.3, 0.4) is 0 Å². The fourth-order valence-corrected chi connectivity index (χ4v) is 3.01. The maximum absolute atomic E-state index is 14.1. The van der Waals surface area contributed by atoms with E-state index in [0.717, 1.165) is 10.0 Å². The second-order valence-corrected chi connectivity index (χ2v) is 5.78. The second kappa shape index (κ2) is 6.20. The van der Waals surface area contributed by atoms with Gasteiger partial charge in [-0.05, 0) is 37.2 Å². The van der Waals surface area contributed by atoms with Crippen molar-refractivity contribution in [3.05, 3.63) is 68.2 Å². The van der Waals surface area contributed by atoms with E-state index in [1.165, 1.54) is 6.92 Å². The van der Waals surface area contributed by atoms with Crippen molar-refractivity contribution < 1.29 is 8.78 Å². The van der Waals surface area contributed by atoms with Crippen molar-refractivity contribution in [2.75, 3.05) is 7.05 Å². The van der Waals surface area contributed by atoms with E-state index >= 15 is 0 Å². The molecule has 0 aliphatic heterocycles. The van der Waals surface area contributed by atoms with E-state index in [4.69, 9.17) is 11.6 Å². The molecule has 20 heavy (non-hydrogen) atoms. The van der Waals surface area contributed by atoms with Crippen LogP contribution >= 0.6 is 27.5 Å². The number of nitrogens with one attached hydrogen (secondary N) is 1. The van der Waals surface area contributed by atoms with E-state index in [2.05, 4.69) is 21.2 Å². The third-order valence-corrected chi connectivity index (χ3v) is 4.10. The van der Waals surface area contributed by atoms with Crippen molar-refractivity contribution >= 4 is 27.5 Å². The lowest BCUT2D eigenvalue weighted by atomic mass is 9.97. The number of hydrogen-bond donors (Lipinski definition) is 1. The smallest absolute Gasteiger partial charge is 0.164 e. The highest BCUT2D eigenvalue weighted by Gasteiger charge is 2.21. The third-order valence-electron chi connectivity index (χ3n) is 3.18. The molecule has 0 aliphatic rings. The molecule has 5 heteroatoms. The summed E-state index contributed by atoms with van der Waals surface area (Å²) in [4.78, 5) is 0. The van der Waals surface area contributed by atoms with Crippen molar-refractivity contribution in [2.24, 2.45) is 0 Å². The highest BCUT2D eigenvalue weighted by molar-refractivity contribution is 9.10. The molecule has 0 heterocycles. The molecule has 1 nitrogen and oxygen atoms in total. The van der Waals surface area contributed by atoms with Crippen molar-refractivity contribution in [3.8, 4) is 0 Å². The topological polar surface area (TPSA) is 12.0 Å². The normalized spacial score (nSPS) is 12.5. The Kier molecular flexibility index (Phi) is 4.78. The quantitative estimate of drug-likeness (QED) is 0.812. The SMILES string of the molecule is CNC(c1ccc(Cl)cc1Br)c1ccc(C)c(F)c1F. The monoisotopic (exact) mass is 359 g/mol. The molecule has 1 atom stereocenters. The third kappa shape index (κ3) is 2.87. The van der Waals surface area contributed by atoms with Gasteiger partial charge in [-0.1, -0.05) is 45.7 Å². The van der Waals surface area contributed by atoms with E-state index in [1.807, 2.05) is 0 Å². The van der Waals surface area contributed by atoms with E-state index in [9.17, 15) is 8.78 Å². The van der Waals surface area contributed by atoms with Gasteiger partial charge >= 0.3 is 0 Å². The van der Waals surface area contributed by atoms with Gasteiger partial charge in [-0.3, -0.25) is 0 Å². The summed E-state index contributed by atoms with van der Waals surface area (Å²) < 4.78 is 28.6. The molecule has 106 valence electrons. The molecular formula is C15H13BrClF2N. The summed E-state index contributed by atoms with van der Waals surface area (Å²) in [6.07, 6.45) is 0. The Bertz CT molecular complexity index is 646. The lowest BCUT2D eigenvalue weighted by Crippen LogP contribution is -2.20. The Morgan fingerprint density at radius 3 is 2.35 bits per heavy atom. The first-order valence-electron chi connectivity index (χ1n) is 6.02. The largest absolute Gasteiger partial charge is 0.309 e. The number of benzene rings is 2. The number of halogens is 4. The van der Waals surface area contributed by atoms with Crippen molar-refractivity contribution in [1.82, 2.24) is 5.32 Å². The Hall–Kier alpha value is -0.970. The first kappa shape index (κ1) is 15.4. The highest BCUT2D eigenvalue weighted by atomic mass is 79.9. The molecule has 0 amide bonds. The van der Waals surface area contributed by atoms with Crippen LogP contribution < -0.4 is 5.32 Å². The van der Waals surface area contributed by atoms with Crippen LogP contribution in [0.15, 0.2) is 34.8 Å². The maximum Gasteiger partial charge on any atom is 0.164 e. The van der Waals surface area contributed by atoms with Crippen LogP contribution in [0.1, 0.15) is 22.7 Å². The molecule has 0 aromatic heterocycles. The van der Waals surface area contributed by atoms with Crippen LogP contribution in [0.5, 0.6) is 0 Å². The summed E-state index contributed by atoms with van der Waals surface area (Å²) in [5.74, 6) is -1.64. The molecular weight excluding hydrogens is 348 g/mol. The zero-order chi connectivity index (χ0) is 14.9. The molecule has 0 fully saturated rings. The molecule has 0 radical (unpaired) electrons. The first-order chi connectivity index (χ1) is 9.45. The lowest BCUT2D eigenvalue weighted by molar-refractivity contribution is 0.482. The molecule has 2 rings (SSSR count). The number of rotatable bonds is 3. The van der Waals surface area contributed by atoms with E-state index in [1.54, 1.807) is 37.4 Å². The van der Waals surface area contributed by atoms with Crippen molar-refractivity contribution in [3.63, 3.8) is 0 Å². The average molecular weight is 361 g/mol. The Labute approximate surface area is 130 Å². The minimum atomic E-state index is -0.828. The van der Waals surface area contributed by atoms with Gasteiger partial charge in [0.25, 0.3) is 0 Å². The van der Waals surface area contributed by atoms with E-state index in [0.29, 0.717) is 5.02 Å². The zero-order valence-corrected chi connectivity index (χ0v) is 13.3. The second-order valence-electron chi connectivity index (χ2n) is 4.49. The van der Waals surface area contributed by atoms with Gasteiger partial charge in [-0.2, -0.15) is 0 Å². The standard InChI is InChI=1S/C15H13BrClF2N/c1-8-3-5-11(14(19)13(8)18)15(20-2)10-6-4-9(17)7-12(10)16/h3-7,15,20H,1-2H3. The average Bonchev–Trinajstić information content (AvgIpc) is 2.41. The van der Waals surface area contributed by atoms with Gasteiger partial charge in [0.1, 0.15) is 0 Å². The molecule has 0 aliphatic carbocycles. The predicted octanol–water partition coefficient (Wildman–Crippen LogP) is 5.00.